The molecule has 0 aliphatic heterocycles. The average molecular weight is 324 g/mol. The van der Waals surface area contributed by atoms with Crippen molar-refractivity contribution in [3.05, 3.63) is 59.7 Å². The van der Waals surface area contributed by atoms with Gasteiger partial charge in [0.05, 0.1) is 18.5 Å². The minimum Gasteiger partial charge on any atom is -0.497 e. The van der Waals surface area contributed by atoms with Gasteiger partial charge in [-0.1, -0.05) is 6.07 Å². The van der Waals surface area contributed by atoms with E-state index in [1.807, 2.05) is 48.7 Å². The summed E-state index contributed by atoms with van der Waals surface area (Å²) in [5.74, 6) is 0.832. The molecule has 0 radical (unpaired) electrons. The number of rotatable bonds is 5. The number of anilines is 1. The molecule has 0 saturated heterocycles. The van der Waals surface area contributed by atoms with Crippen LogP contribution in [0.5, 0.6) is 5.75 Å². The first kappa shape index (κ1) is 15.2. The quantitative estimate of drug-likeness (QED) is 0.568. The third kappa shape index (κ3) is 3.73. The number of nitrogens with zero attached hydrogens (tertiary/aromatic N) is 3. The minimum atomic E-state index is 0.749. The Morgan fingerprint density at radius 1 is 1.22 bits per heavy atom. The molecular weight excluding hydrogens is 308 g/mol. The van der Waals surface area contributed by atoms with Crippen molar-refractivity contribution in [3.63, 3.8) is 0 Å². The summed E-state index contributed by atoms with van der Waals surface area (Å²) in [4.78, 5) is 8.63. The molecule has 116 valence electrons. The molecule has 2 heterocycles. The van der Waals surface area contributed by atoms with Crippen LogP contribution in [0.1, 0.15) is 12.5 Å². The molecular formula is C17H16N4OS. The highest BCUT2D eigenvalue weighted by molar-refractivity contribution is 7.14. The summed E-state index contributed by atoms with van der Waals surface area (Å²) in [6.45, 7) is 1.93. The molecule has 0 fully saturated rings. The van der Waals surface area contributed by atoms with Crippen LogP contribution in [0.2, 0.25) is 0 Å². The molecule has 5 nitrogen and oxygen atoms in total. The largest absolute Gasteiger partial charge is 0.497 e. The smallest absolute Gasteiger partial charge is 0.203 e. The lowest BCUT2D eigenvalue weighted by Crippen LogP contribution is -1.99. The topological polar surface area (TPSA) is 59.4 Å². The molecule has 0 unspecified atom stereocenters. The van der Waals surface area contributed by atoms with Gasteiger partial charge in [-0.25, -0.2) is 4.98 Å². The first-order valence-corrected chi connectivity index (χ1v) is 7.95. The van der Waals surface area contributed by atoms with Crippen LogP contribution in [0.4, 0.5) is 5.13 Å². The van der Waals surface area contributed by atoms with E-state index in [4.69, 9.17) is 4.74 Å². The van der Waals surface area contributed by atoms with Gasteiger partial charge in [0.1, 0.15) is 5.75 Å². The van der Waals surface area contributed by atoms with Crippen LogP contribution < -0.4 is 10.2 Å². The maximum absolute atomic E-state index is 5.16. The maximum atomic E-state index is 5.16. The summed E-state index contributed by atoms with van der Waals surface area (Å²) < 4.78 is 5.16. The van der Waals surface area contributed by atoms with Crippen molar-refractivity contribution in [2.75, 3.05) is 12.5 Å². The van der Waals surface area contributed by atoms with Crippen molar-refractivity contribution < 1.29 is 4.74 Å². The summed E-state index contributed by atoms with van der Waals surface area (Å²) in [5.41, 5.74) is 6.79. The van der Waals surface area contributed by atoms with Gasteiger partial charge < -0.3 is 4.74 Å². The van der Waals surface area contributed by atoms with Crippen LogP contribution in [0.25, 0.3) is 11.3 Å². The zero-order valence-corrected chi connectivity index (χ0v) is 13.7. The van der Waals surface area contributed by atoms with Gasteiger partial charge in [-0.15, -0.1) is 11.3 Å². The molecule has 0 amide bonds. The first-order valence-electron chi connectivity index (χ1n) is 7.07. The number of hydrogen-bond donors (Lipinski definition) is 1. The molecule has 2 aromatic heterocycles. The molecule has 0 aliphatic rings. The van der Waals surface area contributed by atoms with Gasteiger partial charge in [-0.3, -0.25) is 10.4 Å². The third-order valence-corrected chi connectivity index (χ3v) is 4.04. The lowest BCUT2D eigenvalue weighted by Gasteiger charge is -2.01. The number of thiazole rings is 1. The number of aromatic nitrogens is 2. The van der Waals surface area contributed by atoms with Crippen molar-refractivity contribution in [2.45, 2.75) is 6.92 Å². The van der Waals surface area contributed by atoms with Crippen molar-refractivity contribution in [3.8, 4) is 17.0 Å². The highest BCUT2D eigenvalue weighted by atomic mass is 32.1. The Morgan fingerprint density at radius 3 is 2.74 bits per heavy atom. The molecule has 3 rings (SSSR count). The Kier molecular flexibility index (Phi) is 4.63. The predicted octanol–water partition coefficient (Wildman–Crippen LogP) is 4.05. The number of pyridine rings is 1. The Morgan fingerprint density at radius 2 is 2.04 bits per heavy atom. The Bertz CT molecular complexity index is 797. The first-order chi connectivity index (χ1) is 11.3. The second-order valence-corrected chi connectivity index (χ2v) is 5.68. The van der Waals surface area contributed by atoms with Crippen LogP contribution in [-0.2, 0) is 0 Å². The lowest BCUT2D eigenvalue weighted by molar-refractivity contribution is 0.415. The van der Waals surface area contributed by atoms with Gasteiger partial charge >= 0.3 is 0 Å². The summed E-state index contributed by atoms with van der Waals surface area (Å²) in [5, 5.41) is 7.10. The number of hydrazone groups is 1. The van der Waals surface area contributed by atoms with Crippen LogP contribution in [0.15, 0.2) is 59.3 Å². The van der Waals surface area contributed by atoms with Gasteiger partial charge in [0.25, 0.3) is 0 Å². The number of hydrogen-bond acceptors (Lipinski definition) is 6. The van der Waals surface area contributed by atoms with E-state index in [0.717, 1.165) is 33.4 Å². The van der Waals surface area contributed by atoms with E-state index in [9.17, 15) is 0 Å². The van der Waals surface area contributed by atoms with E-state index in [1.54, 1.807) is 19.5 Å². The van der Waals surface area contributed by atoms with Crippen LogP contribution in [0, 0.1) is 0 Å². The maximum Gasteiger partial charge on any atom is 0.203 e. The van der Waals surface area contributed by atoms with Crippen LogP contribution in [-0.4, -0.2) is 22.8 Å². The molecule has 1 aromatic carbocycles. The van der Waals surface area contributed by atoms with Crippen LogP contribution >= 0.6 is 11.3 Å². The molecule has 0 saturated carbocycles. The Labute approximate surface area is 138 Å². The van der Waals surface area contributed by atoms with E-state index in [0.29, 0.717) is 0 Å². The zero-order chi connectivity index (χ0) is 16.1. The molecule has 1 N–H and O–H groups in total. The SMILES string of the molecule is COc1ccc(-c2csc(N/N=C(/C)c3cccnc3)n2)cc1. The molecule has 6 heteroatoms. The van der Waals surface area contributed by atoms with E-state index in [1.165, 1.54) is 11.3 Å². The fourth-order valence-corrected chi connectivity index (χ4v) is 2.65. The van der Waals surface area contributed by atoms with Gasteiger partial charge in [0, 0.05) is 28.9 Å². The van der Waals surface area contributed by atoms with Gasteiger partial charge in [0.2, 0.25) is 5.13 Å². The third-order valence-electron chi connectivity index (χ3n) is 3.29. The molecule has 0 aliphatic carbocycles. The lowest BCUT2D eigenvalue weighted by atomic mass is 10.2. The number of methoxy groups -OCH3 is 1. The second kappa shape index (κ2) is 7.02. The van der Waals surface area contributed by atoms with E-state index in [2.05, 4.69) is 20.5 Å². The monoisotopic (exact) mass is 324 g/mol. The summed E-state index contributed by atoms with van der Waals surface area (Å²) in [6, 6.07) is 11.7. The average Bonchev–Trinajstić information content (AvgIpc) is 3.09. The summed E-state index contributed by atoms with van der Waals surface area (Å²) in [6.07, 6.45) is 3.53. The van der Waals surface area contributed by atoms with Crippen LogP contribution in [0.3, 0.4) is 0 Å². The summed E-state index contributed by atoms with van der Waals surface area (Å²) >= 11 is 1.52. The summed E-state index contributed by atoms with van der Waals surface area (Å²) in [7, 11) is 1.66. The highest BCUT2D eigenvalue weighted by Crippen LogP contribution is 2.26. The number of benzene rings is 1. The second-order valence-electron chi connectivity index (χ2n) is 4.82. The van der Waals surface area contributed by atoms with E-state index < -0.39 is 0 Å². The van der Waals surface area contributed by atoms with Crippen molar-refractivity contribution in [2.24, 2.45) is 5.10 Å². The zero-order valence-electron chi connectivity index (χ0n) is 12.9. The number of ether oxygens (including phenoxy) is 1. The fourth-order valence-electron chi connectivity index (χ4n) is 1.99. The highest BCUT2D eigenvalue weighted by Gasteiger charge is 2.05. The van der Waals surface area contributed by atoms with Crippen molar-refractivity contribution in [1.82, 2.24) is 9.97 Å². The van der Waals surface area contributed by atoms with E-state index >= 15 is 0 Å². The fraction of sp³-hybridized carbons (Fsp3) is 0.118. The molecule has 0 bridgehead atoms. The number of nitrogens with one attached hydrogen (secondary N) is 1. The van der Waals surface area contributed by atoms with Gasteiger partial charge in [0.15, 0.2) is 0 Å². The predicted molar refractivity (Wildman–Crippen MR) is 94.2 cm³/mol. The van der Waals surface area contributed by atoms with Gasteiger partial charge in [-0.05, 0) is 37.3 Å². The molecule has 23 heavy (non-hydrogen) atoms. The molecule has 0 spiro atoms. The minimum absolute atomic E-state index is 0.749. The van der Waals surface area contributed by atoms with Crippen molar-refractivity contribution in [1.29, 1.82) is 0 Å². The Balaban J connectivity index is 1.72. The normalized spacial score (nSPS) is 11.3. The molecule has 0 atom stereocenters. The van der Waals surface area contributed by atoms with Gasteiger partial charge in [-0.2, -0.15) is 5.10 Å². The van der Waals surface area contributed by atoms with Crippen molar-refractivity contribution >= 4 is 22.2 Å². The molecule has 3 aromatic rings. The van der Waals surface area contributed by atoms with E-state index in [-0.39, 0.29) is 0 Å². The Hall–Kier alpha value is -2.73. The standard InChI is InChI=1S/C17H16N4OS/c1-12(14-4-3-9-18-10-14)20-21-17-19-16(11-23-17)13-5-7-15(22-2)8-6-13/h3-11H,1-2H3,(H,19,21)/b20-12-.